The molecule has 1 aromatic carbocycles. The van der Waals surface area contributed by atoms with Gasteiger partial charge in [-0.3, -0.25) is 0 Å². The lowest BCUT2D eigenvalue weighted by Gasteiger charge is -2.27. The first-order valence-corrected chi connectivity index (χ1v) is 9.31. The van der Waals surface area contributed by atoms with Crippen LogP contribution in [-0.4, -0.2) is 14.5 Å². The minimum atomic E-state index is -3.70. The molecule has 5 heteroatoms. The van der Waals surface area contributed by atoms with Crippen molar-refractivity contribution in [2.24, 2.45) is 5.92 Å². The second kappa shape index (κ2) is 5.94. The molecule has 1 aromatic rings. The van der Waals surface area contributed by atoms with Crippen LogP contribution in [0.3, 0.4) is 0 Å². The van der Waals surface area contributed by atoms with E-state index in [2.05, 4.69) is 6.92 Å². The van der Waals surface area contributed by atoms with E-state index in [1.54, 1.807) is 19.1 Å². The summed E-state index contributed by atoms with van der Waals surface area (Å²) in [6, 6.07) is 3.38. The maximum atomic E-state index is 11.5. The molecule has 0 heterocycles. The van der Waals surface area contributed by atoms with Crippen molar-refractivity contribution in [1.82, 2.24) is 0 Å². The average molecular weight is 317 g/mol. The van der Waals surface area contributed by atoms with Gasteiger partial charge in [0.2, 0.25) is 0 Å². The lowest BCUT2D eigenvalue weighted by Crippen LogP contribution is -2.23. The molecule has 0 spiro atoms. The number of hydrogen-bond donors (Lipinski definition) is 0. The third-order valence-electron chi connectivity index (χ3n) is 3.99. The predicted molar refractivity (Wildman–Crippen MR) is 81.0 cm³/mol. The summed E-state index contributed by atoms with van der Waals surface area (Å²) < 4.78 is 29.0. The Morgan fingerprint density at radius 3 is 2.25 bits per heavy atom. The van der Waals surface area contributed by atoms with Gasteiger partial charge in [-0.1, -0.05) is 6.92 Å². The molecule has 0 radical (unpaired) electrons. The molecule has 0 amide bonds. The average Bonchev–Trinajstić information content (AvgIpc) is 2.35. The molecule has 0 unspecified atom stereocenters. The molecule has 1 saturated carbocycles. The molecular formula is C15H21ClO3S. The summed E-state index contributed by atoms with van der Waals surface area (Å²) in [5.41, 5.74) is 1.44. The minimum absolute atomic E-state index is 0.168. The fourth-order valence-electron chi connectivity index (χ4n) is 2.68. The molecule has 1 aliphatic rings. The van der Waals surface area contributed by atoms with Gasteiger partial charge in [-0.25, -0.2) is 8.42 Å². The van der Waals surface area contributed by atoms with Crippen LogP contribution in [0.2, 0.25) is 0 Å². The van der Waals surface area contributed by atoms with Gasteiger partial charge >= 0.3 is 0 Å². The lowest BCUT2D eigenvalue weighted by molar-refractivity contribution is 0.134. The first kappa shape index (κ1) is 15.6. The topological polar surface area (TPSA) is 43.4 Å². The van der Waals surface area contributed by atoms with E-state index in [-0.39, 0.29) is 11.0 Å². The van der Waals surface area contributed by atoms with Crippen LogP contribution in [0.1, 0.15) is 43.7 Å². The summed E-state index contributed by atoms with van der Waals surface area (Å²) in [6.07, 6.45) is 4.75. The first-order chi connectivity index (χ1) is 9.27. The van der Waals surface area contributed by atoms with Crippen LogP contribution in [0, 0.1) is 19.8 Å². The van der Waals surface area contributed by atoms with Crippen LogP contribution < -0.4 is 4.74 Å². The fraction of sp³-hybridized carbons (Fsp3) is 0.600. The quantitative estimate of drug-likeness (QED) is 0.785. The Bertz CT molecular complexity index is 587. The Labute approximate surface area is 125 Å². The van der Waals surface area contributed by atoms with Crippen molar-refractivity contribution in [3.63, 3.8) is 0 Å². The van der Waals surface area contributed by atoms with E-state index in [1.165, 1.54) is 12.8 Å². The molecule has 2 rings (SSSR count). The number of aryl methyl sites for hydroxylation is 2. The van der Waals surface area contributed by atoms with Crippen LogP contribution in [0.5, 0.6) is 5.75 Å². The minimum Gasteiger partial charge on any atom is -0.490 e. The van der Waals surface area contributed by atoms with Gasteiger partial charge < -0.3 is 4.74 Å². The van der Waals surface area contributed by atoms with Crippen molar-refractivity contribution >= 4 is 19.7 Å². The third kappa shape index (κ3) is 3.67. The van der Waals surface area contributed by atoms with Crippen molar-refractivity contribution in [3.05, 3.63) is 23.3 Å². The highest BCUT2D eigenvalue weighted by Crippen LogP contribution is 2.32. The van der Waals surface area contributed by atoms with Gasteiger partial charge in [-0.15, -0.1) is 0 Å². The van der Waals surface area contributed by atoms with Gasteiger partial charge in [0.05, 0.1) is 11.0 Å². The van der Waals surface area contributed by atoms with Crippen LogP contribution in [0.4, 0.5) is 0 Å². The Kier molecular flexibility index (Phi) is 4.65. The largest absolute Gasteiger partial charge is 0.490 e. The number of halogens is 1. The monoisotopic (exact) mass is 316 g/mol. The van der Waals surface area contributed by atoms with E-state index in [9.17, 15) is 8.42 Å². The van der Waals surface area contributed by atoms with E-state index in [0.29, 0.717) is 5.56 Å². The van der Waals surface area contributed by atoms with Gasteiger partial charge in [0, 0.05) is 10.7 Å². The summed E-state index contributed by atoms with van der Waals surface area (Å²) in [5.74, 6) is 1.55. The Balaban J connectivity index is 2.19. The molecule has 0 saturated heterocycles. The standard InChI is InChI=1S/C15H21ClO3S/c1-10-4-6-13(7-5-10)19-14-8-12(3)15(9-11(14)2)20(16,17)18/h8-10,13H,4-7H2,1-3H3. The number of benzene rings is 1. The lowest BCUT2D eigenvalue weighted by atomic mass is 9.89. The van der Waals surface area contributed by atoms with Crippen molar-refractivity contribution in [2.45, 2.75) is 57.5 Å². The van der Waals surface area contributed by atoms with Crippen LogP contribution in [-0.2, 0) is 9.05 Å². The molecule has 0 bridgehead atoms. The first-order valence-electron chi connectivity index (χ1n) is 7.00. The van der Waals surface area contributed by atoms with Crippen LogP contribution in [0.15, 0.2) is 17.0 Å². The predicted octanol–water partition coefficient (Wildman–Crippen LogP) is 4.19. The second-order valence-electron chi connectivity index (χ2n) is 5.82. The highest BCUT2D eigenvalue weighted by molar-refractivity contribution is 8.13. The van der Waals surface area contributed by atoms with E-state index >= 15 is 0 Å². The van der Waals surface area contributed by atoms with Crippen LogP contribution >= 0.6 is 10.7 Å². The Hall–Kier alpha value is -0.740. The van der Waals surface area contributed by atoms with E-state index in [0.717, 1.165) is 30.1 Å². The molecule has 1 aliphatic carbocycles. The van der Waals surface area contributed by atoms with Crippen molar-refractivity contribution in [3.8, 4) is 5.75 Å². The van der Waals surface area contributed by atoms with E-state index in [1.807, 2.05) is 6.92 Å². The van der Waals surface area contributed by atoms with E-state index < -0.39 is 9.05 Å². The molecule has 0 atom stereocenters. The summed E-state index contributed by atoms with van der Waals surface area (Å²) >= 11 is 0. The van der Waals surface area contributed by atoms with Crippen molar-refractivity contribution < 1.29 is 13.2 Å². The zero-order valence-corrected chi connectivity index (χ0v) is 13.7. The fourth-order valence-corrected chi connectivity index (χ4v) is 3.94. The molecule has 20 heavy (non-hydrogen) atoms. The number of hydrogen-bond acceptors (Lipinski definition) is 3. The zero-order chi connectivity index (χ0) is 14.9. The third-order valence-corrected chi connectivity index (χ3v) is 5.46. The molecular weight excluding hydrogens is 296 g/mol. The highest BCUT2D eigenvalue weighted by atomic mass is 35.7. The second-order valence-corrected chi connectivity index (χ2v) is 8.36. The van der Waals surface area contributed by atoms with Crippen molar-refractivity contribution in [2.75, 3.05) is 0 Å². The molecule has 3 nitrogen and oxygen atoms in total. The Morgan fingerprint density at radius 2 is 1.70 bits per heavy atom. The molecule has 112 valence electrons. The Morgan fingerprint density at radius 1 is 1.10 bits per heavy atom. The smallest absolute Gasteiger partial charge is 0.261 e. The maximum absolute atomic E-state index is 11.5. The molecule has 0 N–H and O–H groups in total. The summed E-state index contributed by atoms with van der Waals surface area (Å²) in [4.78, 5) is 0.168. The molecule has 1 fully saturated rings. The van der Waals surface area contributed by atoms with Gasteiger partial charge in [-0.05, 0) is 68.7 Å². The van der Waals surface area contributed by atoms with E-state index in [4.69, 9.17) is 15.4 Å². The van der Waals surface area contributed by atoms with Gasteiger partial charge in [0.15, 0.2) is 0 Å². The maximum Gasteiger partial charge on any atom is 0.261 e. The normalized spacial score (nSPS) is 23.6. The summed E-state index contributed by atoms with van der Waals surface area (Å²) in [5, 5.41) is 0. The zero-order valence-electron chi connectivity index (χ0n) is 12.1. The summed E-state index contributed by atoms with van der Waals surface area (Å²) in [7, 11) is 1.73. The number of rotatable bonds is 3. The van der Waals surface area contributed by atoms with Gasteiger partial charge in [-0.2, -0.15) is 0 Å². The SMILES string of the molecule is Cc1cc(S(=O)(=O)Cl)c(C)cc1OC1CCC(C)CC1. The van der Waals surface area contributed by atoms with Crippen LogP contribution in [0.25, 0.3) is 0 Å². The van der Waals surface area contributed by atoms with Crippen molar-refractivity contribution in [1.29, 1.82) is 0 Å². The summed E-state index contributed by atoms with van der Waals surface area (Å²) in [6.45, 7) is 5.86. The highest BCUT2D eigenvalue weighted by Gasteiger charge is 2.21. The molecule has 0 aliphatic heterocycles. The van der Waals surface area contributed by atoms with Gasteiger partial charge in [0.1, 0.15) is 5.75 Å². The van der Waals surface area contributed by atoms with Gasteiger partial charge in [0.25, 0.3) is 9.05 Å². The molecule has 0 aromatic heterocycles. The number of ether oxygens (including phenoxy) is 1.